The van der Waals surface area contributed by atoms with E-state index in [2.05, 4.69) is 9.97 Å². The maximum atomic E-state index is 12.6. The smallest absolute Gasteiger partial charge is 0.175 e. The Balaban J connectivity index is 1.57. The third-order valence-electron chi connectivity index (χ3n) is 3.90. The second kappa shape index (κ2) is 5.59. The van der Waals surface area contributed by atoms with E-state index in [1.54, 1.807) is 0 Å². The fourth-order valence-corrected chi connectivity index (χ4v) is 3.54. The van der Waals surface area contributed by atoms with Crippen LogP contribution < -0.4 is 0 Å². The van der Waals surface area contributed by atoms with Crippen molar-refractivity contribution >= 4 is 39.5 Å². The van der Waals surface area contributed by atoms with E-state index in [0.29, 0.717) is 5.75 Å². The Hall–Kier alpha value is -2.53. The molecule has 0 unspecified atom stereocenters. The number of para-hydroxylation sites is 3. The fraction of sp³-hybridized carbons (Fsp3) is 0.111. The van der Waals surface area contributed by atoms with Gasteiger partial charge in [-0.2, -0.15) is 0 Å². The number of hydrogen-bond donors (Lipinski definition) is 1. The lowest BCUT2D eigenvalue weighted by Crippen LogP contribution is -2.01. The molecule has 0 saturated carbocycles. The van der Waals surface area contributed by atoms with Gasteiger partial charge in [0, 0.05) is 29.7 Å². The summed E-state index contributed by atoms with van der Waals surface area (Å²) < 4.78 is 1.99. The summed E-state index contributed by atoms with van der Waals surface area (Å²) in [5, 5.41) is 1.78. The summed E-state index contributed by atoms with van der Waals surface area (Å²) in [6.45, 7) is 0. The maximum Gasteiger partial charge on any atom is 0.175 e. The molecular weight excluding hydrogens is 306 g/mol. The molecule has 0 atom stereocenters. The normalized spacial score (nSPS) is 11.3. The highest BCUT2D eigenvalue weighted by atomic mass is 32.2. The number of thioether (sulfide) groups is 1. The highest BCUT2D eigenvalue weighted by Gasteiger charge is 2.14. The summed E-state index contributed by atoms with van der Waals surface area (Å²) in [5.41, 5.74) is 3.76. The molecule has 4 rings (SSSR count). The number of benzene rings is 2. The van der Waals surface area contributed by atoms with Crippen LogP contribution in [0.1, 0.15) is 10.4 Å². The lowest BCUT2D eigenvalue weighted by Gasteiger charge is -1.98. The van der Waals surface area contributed by atoms with Gasteiger partial charge < -0.3 is 9.55 Å². The number of ketones is 1. The van der Waals surface area contributed by atoms with Gasteiger partial charge in [0.15, 0.2) is 10.9 Å². The van der Waals surface area contributed by atoms with Gasteiger partial charge in [-0.15, -0.1) is 0 Å². The molecule has 5 heteroatoms. The number of imidazole rings is 1. The second-order valence-corrected chi connectivity index (χ2v) is 6.41. The van der Waals surface area contributed by atoms with E-state index in [1.807, 2.05) is 66.3 Å². The monoisotopic (exact) mass is 321 g/mol. The van der Waals surface area contributed by atoms with E-state index >= 15 is 0 Å². The van der Waals surface area contributed by atoms with Crippen LogP contribution in [0.4, 0.5) is 0 Å². The molecule has 114 valence electrons. The van der Waals surface area contributed by atoms with Gasteiger partial charge in [-0.25, -0.2) is 4.98 Å². The lowest BCUT2D eigenvalue weighted by atomic mass is 10.1. The standard InChI is InChI=1S/C18H15N3OS/c1-21-10-13(12-6-2-5-9-16(12)21)17(22)11-23-18-19-14-7-3-4-8-15(14)20-18/h2-10H,11H2,1H3,(H,19,20). The van der Waals surface area contributed by atoms with Crippen LogP contribution in [0.25, 0.3) is 21.9 Å². The molecule has 2 aromatic carbocycles. The summed E-state index contributed by atoms with van der Waals surface area (Å²) >= 11 is 1.44. The van der Waals surface area contributed by atoms with E-state index in [9.17, 15) is 4.79 Å². The number of fused-ring (bicyclic) bond motifs is 2. The zero-order chi connectivity index (χ0) is 15.8. The minimum Gasteiger partial charge on any atom is -0.350 e. The average molecular weight is 321 g/mol. The van der Waals surface area contributed by atoms with Gasteiger partial charge in [-0.3, -0.25) is 4.79 Å². The molecule has 23 heavy (non-hydrogen) atoms. The van der Waals surface area contributed by atoms with Crippen molar-refractivity contribution in [1.29, 1.82) is 0 Å². The van der Waals surface area contributed by atoms with Crippen LogP contribution in [0, 0.1) is 0 Å². The summed E-state index contributed by atoms with van der Waals surface area (Å²) in [6.07, 6.45) is 1.91. The molecule has 4 nitrogen and oxygen atoms in total. The summed E-state index contributed by atoms with van der Waals surface area (Å²) in [4.78, 5) is 20.3. The number of hydrogen-bond acceptors (Lipinski definition) is 3. The molecule has 0 fully saturated rings. The Bertz CT molecular complexity index is 982. The van der Waals surface area contributed by atoms with E-state index in [1.165, 1.54) is 11.8 Å². The molecule has 0 aliphatic carbocycles. The Morgan fingerprint density at radius 1 is 1.17 bits per heavy atom. The molecule has 0 amide bonds. The quantitative estimate of drug-likeness (QED) is 0.456. The number of aryl methyl sites for hydroxylation is 1. The molecule has 0 radical (unpaired) electrons. The molecule has 1 N–H and O–H groups in total. The minimum absolute atomic E-state index is 0.118. The van der Waals surface area contributed by atoms with E-state index in [4.69, 9.17) is 0 Å². The van der Waals surface area contributed by atoms with Gasteiger partial charge in [0.25, 0.3) is 0 Å². The Morgan fingerprint density at radius 2 is 1.96 bits per heavy atom. The average Bonchev–Trinajstić information content (AvgIpc) is 3.14. The predicted molar refractivity (Wildman–Crippen MR) is 94.1 cm³/mol. The fourth-order valence-electron chi connectivity index (χ4n) is 2.77. The van der Waals surface area contributed by atoms with E-state index in [-0.39, 0.29) is 5.78 Å². The summed E-state index contributed by atoms with van der Waals surface area (Å²) in [5.74, 6) is 0.487. The molecule has 0 spiro atoms. The SMILES string of the molecule is Cn1cc(C(=O)CSc2nc3ccccc3[nH]2)c2ccccc21. The molecule has 0 aliphatic rings. The number of carbonyl (C=O) groups is 1. The van der Waals surface area contributed by atoms with Crippen LogP contribution >= 0.6 is 11.8 Å². The van der Waals surface area contributed by atoms with Gasteiger partial charge in [0.2, 0.25) is 0 Å². The van der Waals surface area contributed by atoms with Gasteiger partial charge in [-0.05, 0) is 18.2 Å². The number of aromatic amines is 1. The topological polar surface area (TPSA) is 50.7 Å². The van der Waals surface area contributed by atoms with Crippen LogP contribution in [0.2, 0.25) is 0 Å². The van der Waals surface area contributed by atoms with Gasteiger partial charge in [0.1, 0.15) is 0 Å². The third kappa shape index (κ3) is 2.53. The van der Waals surface area contributed by atoms with Crippen LogP contribution in [-0.2, 0) is 7.05 Å². The Labute approximate surface area is 137 Å². The van der Waals surface area contributed by atoms with Crippen molar-refractivity contribution in [2.75, 3.05) is 5.75 Å². The van der Waals surface area contributed by atoms with Crippen molar-refractivity contribution in [2.45, 2.75) is 5.16 Å². The summed E-state index contributed by atoms with van der Waals surface area (Å²) in [6, 6.07) is 15.8. The molecule has 2 heterocycles. The van der Waals surface area contributed by atoms with Gasteiger partial charge in [-0.1, -0.05) is 42.1 Å². The minimum atomic E-state index is 0.118. The molecule has 0 aliphatic heterocycles. The highest BCUT2D eigenvalue weighted by Crippen LogP contribution is 2.24. The number of Topliss-reactive ketones (excluding diaryl/α,β-unsaturated/α-hetero) is 1. The number of H-pyrrole nitrogens is 1. The Morgan fingerprint density at radius 3 is 2.83 bits per heavy atom. The van der Waals surface area contributed by atoms with Crippen LogP contribution in [0.15, 0.2) is 59.9 Å². The second-order valence-electron chi connectivity index (χ2n) is 5.44. The highest BCUT2D eigenvalue weighted by molar-refractivity contribution is 7.99. The lowest BCUT2D eigenvalue weighted by molar-refractivity contribution is 0.102. The number of rotatable bonds is 4. The first-order valence-electron chi connectivity index (χ1n) is 7.37. The number of nitrogens with one attached hydrogen (secondary N) is 1. The first-order valence-corrected chi connectivity index (χ1v) is 8.36. The third-order valence-corrected chi connectivity index (χ3v) is 4.78. The van der Waals surface area contributed by atoms with E-state index < -0.39 is 0 Å². The maximum absolute atomic E-state index is 12.6. The molecule has 0 bridgehead atoms. The zero-order valence-corrected chi connectivity index (χ0v) is 13.4. The predicted octanol–water partition coefficient (Wildman–Crippen LogP) is 4.03. The van der Waals surface area contributed by atoms with Crippen molar-refractivity contribution in [2.24, 2.45) is 7.05 Å². The first-order chi connectivity index (χ1) is 11.2. The largest absolute Gasteiger partial charge is 0.350 e. The van der Waals surface area contributed by atoms with Crippen molar-refractivity contribution in [1.82, 2.24) is 14.5 Å². The molecular formula is C18H15N3OS. The van der Waals surface area contributed by atoms with Gasteiger partial charge >= 0.3 is 0 Å². The Kier molecular flexibility index (Phi) is 3.42. The molecule has 2 aromatic heterocycles. The first kappa shape index (κ1) is 14.1. The number of aromatic nitrogens is 3. The van der Waals surface area contributed by atoms with Crippen molar-refractivity contribution < 1.29 is 4.79 Å². The van der Waals surface area contributed by atoms with Crippen molar-refractivity contribution in [3.8, 4) is 0 Å². The number of nitrogens with zero attached hydrogens (tertiary/aromatic N) is 2. The zero-order valence-electron chi connectivity index (χ0n) is 12.6. The number of carbonyl (C=O) groups excluding carboxylic acids is 1. The van der Waals surface area contributed by atoms with Gasteiger partial charge in [0.05, 0.1) is 16.8 Å². The van der Waals surface area contributed by atoms with Crippen LogP contribution in [0.3, 0.4) is 0 Å². The van der Waals surface area contributed by atoms with Crippen LogP contribution in [-0.4, -0.2) is 26.1 Å². The van der Waals surface area contributed by atoms with Crippen LogP contribution in [0.5, 0.6) is 0 Å². The molecule has 4 aromatic rings. The van der Waals surface area contributed by atoms with Crippen molar-refractivity contribution in [3.05, 3.63) is 60.3 Å². The van der Waals surface area contributed by atoms with Crippen molar-refractivity contribution in [3.63, 3.8) is 0 Å². The molecule has 0 saturated heterocycles. The summed E-state index contributed by atoms with van der Waals surface area (Å²) in [7, 11) is 1.96. The van der Waals surface area contributed by atoms with E-state index in [0.717, 1.165) is 32.7 Å².